The molecule has 0 radical (unpaired) electrons. The minimum Gasteiger partial charge on any atom is -0.495 e. The van der Waals surface area contributed by atoms with Gasteiger partial charge in [0.25, 0.3) is 0 Å². The Morgan fingerprint density at radius 3 is 2.44 bits per heavy atom. The summed E-state index contributed by atoms with van der Waals surface area (Å²) in [7, 11) is -2.35. The molecule has 0 aliphatic carbocycles. The average molecular weight is 436 g/mol. The van der Waals surface area contributed by atoms with Crippen LogP contribution in [0.5, 0.6) is 11.5 Å². The van der Waals surface area contributed by atoms with Gasteiger partial charge in [-0.3, -0.25) is 0 Å². The molecule has 0 heterocycles. The molecule has 1 N–H and O–H groups in total. The Bertz CT molecular complexity index is 813. The summed E-state index contributed by atoms with van der Waals surface area (Å²) in [5, 5.41) is 0. The van der Waals surface area contributed by atoms with Crippen molar-refractivity contribution < 1.29 is 26.7 Å². The van der Waals surface area contributed by atoms with Gasteiger partial charge in [-0.2, -0.15) is 8.78 Å². The summed E-state index contributed by atoms with van der Waals surface area (Å²) in [5.41, 5.74) is 0.783. The highest BCUT2D eigenvalue weighted by molar-refractivity contribution is 9.10. The highest BCUT2D eigenvalue weighted by atomic mass is 79.9. The molecule has 0 aliphatic heterocycles. The number of benzene rings is 2. The van der Waals surface area contributed by atoms with E-state index in [1.807, 2.05) is 0 Å². The fourth-order valence-electron chi connectivity index (χ4n) is 2.11. The number of ether oxygens (including phenoxy) is 2. The summed E-state index contributed by atoms with van der Waals surface area (Å²) >= 11 is 3.23. The predicted octanol–water partition coefficient (Wildman–Crippen LogP) is 3.58. The lowest BCUT2D eigenvalue weighted by Gasteiger charge is -2.11. The molecule has 0 bridgehead atoms. The Morgan fingerprint density at radius 2 is 1.84 bits per heavy atom. The number of rotatable bonds is 8. The number of alkyl halides is 2. The average Bonchev–Trinajstić information content (AvgIpc) is 2.56. The van der Waals surface area contributed by atoms with Crippen LogP contribution >= 0.6 is 15.9 Å². The highest BCUT2D eigenvalue weighted by Crippen LogP contribution is 2.27. The lowest BCUT2D eigenvalue weighted by molar-refractivity contribution is -0.0498. The van der Waals surface area contributed by atoms with E-state index in [0.29, 0.717) is 10.9 Å². The van der Waals surface area contributed by atoms with Crippen molar-refractivity contribution >= 4 is 26.0 Å². The van der Waals surface area contributed by atoms with Gasteiger partial charge in [0.15, 0.2) is 0 Å². The molecule has 0 spiro atoms. The number of halogens is 3. The summed E-state index contributed by atoms with van der Waals surface area (Å²) in [4.78, 5) is 0.0325. The molecule has 0 amide bonds. The van der Waals surface area contributed by atoms with Crippen LogP contribution in [-0.4, -0.2) is 28.7 Å². The third kappa shape index (κ3) is 5.65. The van der Waals surface area contributed by atoms with Crippen LogP contribution < -0.4 is 14.2 Å². The normalized spacial score (nSPS) is 11.6. The Labute approximate surface area is 153 Å². The molecule has 0 saturated carbocycles. The largest absolute Gasteiger partial charge is 0.495 e. The van der Waals surface area contributed by atoms with Crippen molar-refractivity contribution in [2.75, 3.05) is 13.7 Å². The second-order valence-corrected chi connectivity index (χ2v) is 7.62. The maximum Gasteiger partial charge on any atom is 0.387 e. The number of methoxy groups -OCH3 is 1. The number of hydrogen-bond acceptors (Lipinski definition) is 4. The molecule has 2 aromatic rings. The van der Waals surface area contributed by atoms with Gasteiger partial charge in [0.1, 0.15) is 16.4 Å². The Hall–Kier alpha value is -1.71. The van der Waals surface area contributed by atoms with E-state index in [-0.39, 0.29) is 22.9 Å². The minimum absolute atomic E-state index is 0.0325. The van der Waals surface area contributed by atoms with E-state index in [0.717, 1.165) is 5.56 Å². The molecular formula is C16H16BrF2NO4S. The van der Waals surface area contributed by atoms with Crippen LogP contribution in [0.4, 0.5) is 8.78 Å². The fraction of sp³-hybridized carbons (Fsp3) is 0.250. The third-order valence-electron chi connectivity index (χ3n) is 3.27. The van der Waals surface area contributed by atoms with Crippen LogP contribution in [0, 0.1) is 0 Å². The third-order valence-corrected chi connectivity index (χ3v) is 5.24. The minimum atomic E-state index is -3.75. The van der Waals surface area contributed by atoms with Crippen molar-refractivity contribution in [3.05, 3.63) is 52.5 Å². The molecular weight excluding hydrogens is 420 g/mol. The van der Waals surface area contributed by atoms with E-state index in [2.05, 4.69) is 25.4 Å². The Morgan fingerprint density at radius 1 is 1.16 bits per heavy atom. The molecule has 25 heavy (non-hydrogen) atoms. The quantitative estimate of drug-likeness (QED) is 0.687. The topological polar surface area (TPSA) is 64.6 Å². The van der Waals surface area contributed by atoms with Gasteiger partial charge in [-0.25, -0.2) is 13.1 Å². The second-order valence-electron chi connectivity index (χ2n) is 4.97. The Kier molecular flexibility index (Phi) is 6.74. The molecule has 5 nitrogen and oxygen atoms in total. The maximum atomic E-state index is 12.4. The van der Waals surface area contributed by atoms with E-state index in [1.54, 1.807) is 24.3 Å². The van der Waals surface area contributed by atoms with Crippen molar-refractivity contribution in [1.82, 2.24) is 4.72 Å². The zero-order valence-electron chi connectivity index (χ0n) is 13.2. The second kappa shape index (κ2) is 8.59. The van der Waals surface area contributed by atoms with Crippen LogP contribution in [-0.2, 0) is 16.4 Å². The van der Waals surface area contributed by atoms with Crippen molar-refractivity contribution in [3.63, 3.8) is 0 Å². The van der Waals surface area contributed by atoms with E-state index in [4.69, 9.17) is 4.74 Å². The first-order chi connectivity index (χ1) is 11.8. The molecule has 0 aliphatic rings. The maximum absolute atomic E-state index is 12.4. The molecule has 2 rings (SSSR count). The van der Waals surface area contributed by atoms with Crippen molar-refractivity contribution in [2.24, 2.45) is 0 Å². The van der Waals surface area contributed by atoms with E-state index < -0.39 is 16.6 Å². The fourth-order valence-corrected chi connectivity index (χ4v) is 3.84. The van der Waals surface area contributed by atoms with Gasteiger partial charge in [-0.15, -0.1) is 0 Å². The number of nitrogens with one attached hydrogen (secondary N) is 1. The van der Waals surface area contributed by atoms with Crippen LogP contribution in [0.3, 0.4) is 0 Å². The van der Waals surface area contributed by atoms with Crippen molar-refractivity contribution in [2.45, 2.75) is 17.9 Å². The van der Waals surface area contributed by atoms with Gasteiger partial charge < -0.3 is 9.47 Å². The van der Waals surface area contributed by atoms with Crippen molar-refractivity contribution in [3.8, 4) is 11.5 Å². The Balaban J connectivity index is 2.00. The van der Waals surface area contributed by atoms with Crippen LogP contribution in [0.2, 0.25) is 0 Å². The number of sulfonamides is 1. The van der Waals surface area contributed by atoms with Gasteiger partial charge in [-0.1, -0.05) is 28.1 Å². The van der Waals surface area contributed by atoms with E-state index in [9.17, 15) is 17.2 Å². The first kappa shape index (κ1) is 19.6. The molecule has 0 aromatic heterocycles. The summed E-state index contributed by atoms with van der Waals surface area (Å²) in [6.45, 7) is -2.73. The lowest BCUT2D eigenvalue weighted by Crippen LogP contribution is -2.26. The molecule has 0 atom stereocenters. The first-order valence-electron chi connectivity index (χ1n) is 7.19. The van der Waals surface area contributed by atoms with Gasteiger partial charge in [-0.05, 0) is 42.3 Å². The monoisotopic (exact) mass is 435 g/mol. The first-order valence-corrected chi connectivity index (χ1v) is 9.46. The number of hydrogen-bond donors (Lipinski definition) is 1. The summed E-state index contributed by atoms with van der Waals surface area (Å²) in [6.07, 6.45) is 0.393. The van der Waals surface area contributed by atoms with Crippen molar-refractivity contribution in [1.29, 1.82) is 0 Å². The summed E-state index contributed by atoms with van der Waals surface area (Å²) < 4.78 is 61.5. The lowest BCUT2D eigenvalue weighted by atomic mass is 10.1. The van der Waals surface area contributed by atoms with Gasteiger partial charge in [0.2, 0.25) is 10.0 Å². The molecule has 2 aromatic carbocycles. The SMILES string of the molecule is COc1ccc(Br)cc1S(=O)(=O)NCCc1ccc(OC(F)F)cc1. The van der Waals surface area contributed by atoms with Crippen LogP contribution in [0.25, 0.3) is 0 Å². The van der Waals surface area contributed by atoms with E-state index in [1.165, 1.54) is 25.3 Å². The van der Waals surface area contributed by atoms with Gasteiger partial charge in [0.05, 0.1) is 7.11 Å². The van der Waals surface area contributed by atoms with Gasteiger partial charge >= 0.3 is 6.61 Å². The molecule has 9 heteroatoms. The summed E-state index contributed by atoms with van der Waals surface area (Å²) in [6, 6.07) is 10.7. The molecule has 0 saturated heterocycles. The molecule has 0 fully saturated rings. The van der Waals surface area contributed by atoms with Crippen LogP contribution in [0.1, 0.15) is 5.56 Å². The smallest absolute Gasteiger partial charge is 0.387 e. The van der Waals surface area contributed by atoms with E-state index >= 15 is 0 Å². The standard InChI is InChI=1S/C16H16BrF2NO4S/c1-23-14-7-4-12(17)10-15(14)25(21,22)20-9-8-11-2-5-13(6-3-11)24-16(18)19/h2-7,10,16,20H,8-9H2,1H3. The predicted molar refractivity (Wildman–Crippen MR) is 92.7 cm³/mol. The molecule has 136 valence electrons. The zero-order valence-corrected chi connectivity index (χ0v) is 15.6. The van der Waals surface area contributed by atoms with Crippen LogP contribution in [0.15, 0.2) is 51.8 Å². The van der Waals surface area contributed by atoms with Gasteiger partial charge in [0, 0.05) is 11.0 Å². The highest BCUT2D eigenvalue weighted by Gasteiger charge is 2.19. The molecule has 0 unspecified atom stereocenters. The zero-order chi connectivity index (χ0) is 18.4. The summed E-state index contributed by atoms with van der Waals surface area (Å²) in [5.74, 6) is 0.294.